The van der Waals surface area contributed by atoms with Crippen molar-refractivity contribution in [1.82, 2.24) is 0 Å². The van der Waals surface area contributed by atoms with Gasteiger partial charge in [-0.1, -0.05) is 200 Å². The number of rotatable bonds is 8. The Kier molecular flexibility index (Phi) is 9.39. The molecule has 10 aromatic carbocycles. The van der Waals surface area contributed by atoms with E-state index in [2.05, 4.69) is 272 Å². The Labute approximate surface area is 381 Å². The van der Waals surface area contributed by atoms with Crippen LogP contribution in [0.15, 0.2) is 255 Å². The summed E-state index contributed by atoms with van der Waals surface area (Å²) < 4.78 is 0. The predicted molar refractivity (Wildman–Crippen MR) is 276 cm³/mol. The minimum absolute atomic E-state index is 0.164. The van der Waals surface area contributed by atoms with Crippen LogP contribution in [0.1, 0.15) is 12.5 Å². The minimum atomic E-state index is -0.166. The van der Waals surface area contributed by atoms with Gasteiger partial charge in [0.2, 0.25) is 0 Å². The van der Waals surface area contributed by atoms with Crippen LogP contribution in [-0.4, -0.2) is 6.04 Å². The fourth-order valence-electron chi connectivity index (χ4n) is 10.5. The Bertz CT molecular complexity index is 3440. The zero-order valence-electron chi connectivity index (χ0n) is 36.2. The molecule has 1 heterocycles. The van der Waals surface area contributed by atoms with Crippen LogP contribution in [0.2, 0.25) is 0 Å². The van der Waals surface area contributed by atoms with Gasteiger partial charge < -0.3 is 9.80 Å². The molecule has 0 radical (unpaired) electrons. The number of hydrogen-bond donors (Lipinski definition) is 0. The molecule has 12 rings (SSSR count). The molecular weight excluding hydrogens is 785 g/mol. The van der Waals surface area contributed by atoms with E-state index in [9.17, 15) is 0 Å². The maximum atomic E-state index is 2.55. The summed E-state index contributed by atoms with van der Waals surface area (Å²) in [7, 11) is 0. The quantitative estimate of drug-likeness (QED) is 0.141. The molecule has 0 amide bonds. The van der Waals surface area contributed by atoms with E-state index in [0.717, 1.165) is 17.1 Å². The molecule has 0 saturated heterocycles. The maximum absolute atomic E-state index is 2.55. The third-order valence-corrected chi connectivity index (χ3v) is 13.7. The van der Waals surface area contributed by atoms with E-state index < -0.39 is 0 Å². The van der Waals surface area contributed by atoms with Crippen LogP contribution in [0.3, 0.4) is 0 Å². The van der Waals surface area contributed by atoms with Gasteiger partial charge in [0.05, 0.1) is 11.7 Å². The van der Waals surface area contributed by atoms with Crippen molar-refractivity contribution in [3.05, 3.63) is 260 Å². The summed E-state index contributed by atoms with van der Waals surface area (Å²) in [6.45, 7) is 2.38. The highest BCUT2D eigenvalue weighted by atomic mass is 15.2. The zero-order chi connectivity index (χ0) is 43.3. The lowest BCUT2D eigenvalue weighted by atomic mass is 9.75. The highest BCUT2D eigenvalue weighted by molar-refractivity contribution is 6.12. The number of fused-ring (bicyclic) bond motifs is 6. The predicted octanol–water partition coefficient (Wildman–Crippen LogP) is 17.0. The summed E-state index contributed by atoms with van der Waals surface area (Å²) in [6, 6.07) is 84.5. The fraction of sp³-hybridized carbons (Fsp3) is 0.0476. The van der Waals surface area contributed by atoms with Gasteiger partial charge in [0, 0.05) is 33.7 Å². The zero-order valence-corrected chi connectivity index (χ0v) is 36.2. The lowest BCUT2D eigenvalue weighted by molar-refractivity contribution is 0.551. The summed E-state index contributed by atoms with van der Waals surface area (Å²) in [6.07, 6.45) is 9.15. The Balaban J connectivity index is 0.976. The monoisotopic (exact) mass is 830 g/mol. The molecule has 2 aliphatic rings. The smallest absolute Gasteiger partial charge is 0.0655 e. The second-order valence-electron chi connectivity index (χ2n) is 17.5. The molecule has 2 nitrogen and oxygen atoms in total. The first-order valence-electron chi connectivity index (χ1n) is 22.6. The molecule has 65 heavy (non-hydrogen) atoms. The lowest BCUT2D eigenvalue weighted by Gasteiger charge is -2.34. The minimum Gasteiger partial charge on any atom is -0.333 e. The van der Waals surface area contributed by atoms with E-state index in [1.165, 1.54) is 83.0 Å². The van der Waals surface area contributed by atoms with Gasteiger partial charge in [0.25, 0.3) is 0 Å². The summed E-state index contributed by atoms with van der Waals surface area (Å²) in [5.41, 5.74) is 16.5. The van der Waals surface area contributed by atoms with Crippen molar-refractivity contribution in [2.75, 3.05) is 9.80 Å². The van der Waals surface area contributed by atoms with Crippen molar-refractivity contribution < 1.29 is 0 Å². The van der Waals surface area contributed by atoms with E-state index >= 15 is 0 Å². The van der Waals surface area contributed by atoms with Crippen molar-refractivity contribution in [3.8, 4) is 44.5 Å². The third-order valence-electron chi connectivity index (χ3n) is 13.7. The molecular formula is C63H46N2. The highest BCUT2D eigenvalue weighted by Gasteiger charge is 2.47. The Morgan fingerprint density at radius 1 is 0.400 bits per heavy atom. The largest absolute Gasteiger partial charge is 0.333 e. The lowest BCUT2D eigenvalue weighted by Crippen LogP contribution is -2.39. The van der Waals surface area contributed by atoms with Crippen LogP contribution >= 0.6 is 0 Å². The number of nitrogens with zero attached hydrogens (tertiary/aromatic N) is 2. The second kappa shape index (κ2) is 15.9. The van der Waals surface area contributed by atoms with E-state index in [0.29, 0.717) is 0 Å². The SMILES string of the molecule is CC12C=CC=CC1N(c1ccccc1)c1c(-c3cccc(N(c4ccc(-c5cccc(-c6ccccc6)c5)cc4)c4ccc(-c5cccc6c5ccc5ccccc56)cc4)c3)cccc12. The van der Waals surface area contributed by atoms with Gasteiger partial charge in [0.1, 0.15) is 0 Å². The van der Waals surface area contributed by atoms with Crippen molar-refractivity contribution in [2.24, 2.45) is 0 Å². The van der Waals surface area contributed by atoms with Gasteiger partial charge in [-0.05, 0) is 128 Å². The van der Waals surface area contributed by atoms with Crippen molar-refractivity contribution in [2.45, 2.75) is 18.4 Å². The average Bonchev–Trinajstić information content (AvgIpc) is 3.66. The third kappa shape index (κ3) is 6.65. The molecule has 1 aliphatic carbocycles. The summed E-state index contributed by atoms with van der Waals surface area (Å²) in [5, 5.41) is 5.07. The summed E-state index contributed by atoms with van der Waals surface area (Å²) in [5.74, 6) is 0. The van der Waals surface area contributed by atoms with Crippen molar-refractivity contribution >= 4 is 50.0 Å². The molecule has 10 aromatic rings. The molecule has 308 valence electrons. The van der Waals surface area contributed by atoms with Gasteiger partial charge in [-0.25, -0.2) is 0 Å². The fourth-order valence-corrected chi connectivity index (χ4v) is 10.5. The molecule has 0 aromatic heterocycles. The van der Waals surface area contributed by atoms with Gasteiger partial charge in [0.15, 0.2) is 0 Å². The standard InChI is InChI=1S/C63H46N2/c1-63-41-11-10-30-61(63)65(51-22-6-3-7-23-51)62-57(27-15-29-60(62)63)50-21-13-24-54(43-50)64(52-36-31-45(32-37-52)49-20-12-19-48(42-49)44-16-4-2-5-17-44)53-38-33-47(34-39-53)56-26-14-28-58-55-25-9-8-18-46(55)35-40-59(56)58/h2-43,61H,1H3. The molecule has 2 atom stereocenters. The summed E-state index contributed by atoms with van der Waals surface area (Å²) in [4.78, 5) is 4.95. The van der Waals surface area contributed by atoms with Gasteiger partial charge >= 0.3 is 0 Å². The number of anilines is 5. The van der Waals surface area contributed by atoms with Crippen LogP contribution in [0.25, 0.3) is 66.1 Å². The van der Waals surface area contributed by atoms with Crippen molar-refractivity contribution in [1.29, 1.82) is 0 Å². The Morgan fingerprint density at radius 2 is 1.00 bits per heavy atom. The highest BCUT2D eigenvalue weighted by Crippen LogP contribution is 2.55. The van der Waals surface area contributed by atoms with Crippen LogP contribution in [0.5, 0.6) is 0 Å². The average molecular weight is 831 g/mol. The van der Waals surface area contributed by atoms with E-state index in [1.54, 1.807) is 0 Å². The number of hydrogen-bond acceptors (Lipinski definition) is 2. The molecule has 2 unspecified atom stereocenters. The molecule has 0 spiro atoms. The van der Waals surface area contributed by atoms with Crippen LogP contribution in [-0.2, 0) is 5.41 Å². The van der Waals surface area contributed by atoms with E-state index in [1.807, 2.05) is 0 Å². The molecule has 0 fully saturated rings. The first-order chi connectivity index (χ1) is 32.1. The first kappa shape index (κ1) is 38.5. The normalized spacial score (nSPS) is 16.1. The van der Waals surface area contributed by atoms with E-state index in [-0.39, 0.29) is 11.5 Å². The van der Waals surface area contributed by atoms with Gasteiger partial charge in [-0.15, -0.1) is 0 Å². The van der Waals surface area contributed by atoms with Crippen molar-refractivity contribution in [3.63, 3.8) is 0 Å². The van der Waals surface area contributed by atoms with Crippen LogP contribution in [0.4, 0.5) is 28.4 Å². The van der Waals surface area contributed by atoms with Crippen LogP contribution < -0.4 is 9.80 Å². The summed E-state index contributed by atoms with van der Waals surface area (Å²) >= 11 is 0. The molecule has 0 N–H and O–H groups in total. The Morgan fingerprint density at radius 3 is 1.78 bits per heavy atom. The van der Waals surface area contributed by atoms with Gasteiger partial charge in [-0.3, -0.25) is 0 Å². The molecule has 0 saturated carbocycles. The van der Waals surface area contributed by atoms with E-state index in [4.69, 9.17) is 0 Å². The first-order valence-corrected chi connectivity index (χ1v) is 22.6. The molecule has 1 aliphatic heterocycles. The second-order valence-corrected chi connectivity index (χ2v) is 17.5. The maximum Gasteiger partial charge on any atom is 0.0655 e. The molecule has 2 heteroatoms. The number of allylic oxidation sites excluding steroid dienone is 2. The molecule has 0 bridgehead atoms. The Hall–Kier alpha value is -8.20. The topological polar surface area (TPSA) is 6.48 Å². The number of para-hydroxylation sites is 2. The number of benzene rings is 10. The van der Waals surface area contributed by atoms with Crippen LogP contribution in [0, 0.1) is 0 Å². The van der Waals surface area contributed by atoms with Gasteiger partial charge in [-0.2, -0.15) is 0 Å².